The molecule has 0 radical (unpaired) electrons. The minimum absolute atomic E-state index is 0.00177. The van der Waals surface area contributed by atoms with E-state index in [-0.39, 0.29) is 18.5 Å². The Kier molecular flexibility index (Phi) is 4.97. The second-order valence-corrected chi connectivity index (χ2v) is 6.24. The van der Waals surface area contributed by atoms with E-state index in [0.29, 0.717) is 6.54 Å². The van der Waals surface area contributed by atoms with Crippen molar-refractivity contribution in [2.45, 2.75) is 5.92 Å². The monoisotopic (exact) mass is 373 g/mol. The van der Waals surface area contributed by atoms with Gasteiger partial charge in [-0.3, -0.25) is 5.32 Å². The Morgan fingerprint density at radius 3 is 2.46 bits per heavy atom. The highest BCUT2D eigenvalue weighted by molar-refractivity contribution is 5.94. The predicted molar refractivity (Wildman–Crippen MR) is 106 cm³/mol. The van der Waals surface area contributed by atoms with Gasteiger partial charge in [-0.25, -0.2) is 14.8 Å². The highest BCUT2D eigenvalue weighted by atomic mass is 16.5. The fourth-order valence-electron chi connectivity index (χ4n) is 3.36. The Morgan fingerprint density at radius 1 is 1.18 bits per heavy atom. The molecule has 7 nitrogen and oxygen atoms in total. The summed E-state index contributed by atoms with van der Waals surface area (Å²) in [6.07, 6.45) is 3.84. The first-order chi connectivity index (χ1) is 13.8. The molecule has 1 heterocycles. The van der Waals surface area contributed by atoms with E-state index in [1.54, 1.807) is 6.08 Å². The van der Waals surface area contributed by atoms with Gasteiger partial charge in [-0.1, -0.05) is 54.6 Å². The van der Waals surface area contributed by atoms with Crippen LogP contribution in [0.3, 0.4) is 0 Å². The van der Waals surface area contributed by atoms with Crippen molar-refractivity contribution in [1.29, 1.82) is 0 Å². The summed E-state index contributed by atoms with van der Waals surface area (Å²) in [4.78, 5) is 20.5. The molecule has 0 atom stereocenters. The van der Waals surface area contributed by atoms with Crippen LogP contribution in [0.5, 0.6) is 0 Å². The number of carbonyl (C=O) groups excluding carboxylic acids is 1. The van der Waals surface area contributed by atoms with Crippen molar-refractivity contribution in [2.75, 3.05) is 13.2 Å². The van der Waals surface area contributed by atoms with E-state index in [2.05, 4.69) is 51.2 Å². The lowest BCUT2D eigenvalue weighted by Gasteiger charge is -2.15. The van der Waals surface area contributed by atoms with E-state index in [1.807, 2.05) is 24.3 Å². The zero-order chi connectivity index (χ0) is 19.3. The first kappa shape index (κ1) is 17.7. The molecule has 0 spiro atoms. The van der Waals surface area contributed by atoms with Crippen LogP contribution in [-0.4, -0.2) is 40.0 Å². The topological polar surface area (TPSA) is 81.4 Å². The molecule has 140 valence electrons. The van der Waals surface area contributed by atoms with Crippen LogP contribution in [0, 0.1) is 0 Å². The molecule has 3 aromatic rings. The van der Waals surface area contributed by atoms with Crippen LogP contribution in [0.1, 0.15) is 17.0 Å². The summed E-state index contributed by atoms with van der Waals surface area (Å²) in [5.41, 5.74) is 4.69. The largest absolute Gasteiger partial charge is 0.448 e. The molecular formula is C21H19N5O2. The van der Waals surface area contributed by atoms with Crippen molar-refractivity contribution < 1.29 is 9.53 Å². The summed E-state index contributed by atoms with van der Waals surface area (Å²) in [7, 11) is 0. The number of rotatable bonds is 4. The molecule has 1 aliphatic rings. The lowest BCUT2D eigenvalue weighted by molar-refractivity contribution is 0.148. The van der Waals surface area contributed by atoms with Gasteiger partial charge in [0.2, 0.25) is 5.96 Å². The number of fused-ring (bicyclic) bond motifs is 3. The second kappa shape index (κ2) is 7.87. The Balaban J connectivity index is 1.48. The van der Waals surface area contributed by atoms with Crippen molar-refractivity contribution in [3.63, 3.8) is 0 Å². The average Bonchev–Trinajstić information content (AvgIpc) is 3.36. The number of amides is 1. The smallest absolute Gasteiger partial charge is 0.414 e. The summed E-state index contributed by atoms with van der Waals surface area (Å²) >= 11 is 0. The number of hydrogen-bond acceptors (Lipinski definition) is 5. The van der Waals surface area contributed by atoms with E-state index in [9.17, 15) is 4.79 Å². The molecular weight excluding hydrogens is 354 g/mol. The lowest BCUT2D eigenvalue weighted by Crippen LogP contribution is -2.37. The zero-order valence-corrected chi connectivity index (χ0v) is 15.2. The maximum Gasteiger partial charge on any atom is 0.414 e. The lowest BCUT2D eigenvalue weighted by atomic mass is 9.98. The van der Waals surface area contributed by atoms with E-state index < -0.39 is 6.09 Å². The molecule has 0 saturated heterocycles. The Hall–Kier alpha value is -3.74. The van der Waals surface area contributed by atoms with Gasteiger partial charge in [0.15, 0.2) is 0 Å². The highest BCUT2D eigenvalue weighted by Gasteiger charge is 2.29. The summed E-state index contributed by atoms with van der Waals surface area (Å²) < 4.78 is 6.90. The summed E-state index contributed by atoms with van der Waals surface area (Å²) in [5.74, 6) is 0.229. The minimum atomic E-state index is -0.597. The number of hydrogen-bond donors (Lipinski definition) is 1. The molecule has 4 rings (SSSR count). The molecule has 0 bridgehead atoms. The van der Waals surface area contributed by atoms with Crippen molar-refractivity contribution in [2.24, 2.45) is 4.99 Å². The van der Waals surface area contributed by atoms with Crippen LogP contribution in [0.4, 0.5) is 4.79 Å². The van der Waals surface area contributed by atoms with Crippen molar-refractivity contribution in [3.05, 3.63) is 85.0 Å². The summed E-state index contributed by atoms with van der Waals surface area (Å²) in [6.45, 7) is 4.19. The third kappa shape index (κ3) is 3.42. The van der Waals surface area contributed by atoms with Crippen LogP contribution in [0.25, 0.3) is 11.1 Å². The maximum atomic E-state index is 12.4. The quantitative estimate of drug-likeness (QED) is 0.433. The van der Waals surface area contributed by atoms with Crippen LogP contribution < -0.4 is 5.32 Å². The van der Waals surface area contributed by atoms with Gasteiger partial charge in [0, 0.05) is 5.92 Å². The minimum Gasteiger partial charge on any atom is -0.448 e. The molecule has 7 heteroatoms. The summed E-state index contributed by atoms with van der Waals surface area (Å²) in [6, 6.07) is 16.4. The number of ether oxygens (including phenoxy) is 1. The number of carbonyl (C=O) groups is 1. The van der Waals surface area contributed by atoms with E-state index in [1.165, 1.54) is 28.5 Å². The second-order valence-electron chi connectivity index (χ2n) is 6.24. The first-order valence-electron chi connectivity index (χ1n) is 8.90. The third-order valence-electron chi connectivity index (χ3n) is 4.56. The summed E-state index contributed by atoms with van der Waals surface area (Å²) in [5, 5.41) is 6.62. The molecule has 2 aromatic carbocycles. The number of nitrogens with zero attached hydrogens (tertiary/aromatic N) is 4. The van der Waals surface area contributed by atoms with Crippen molar-refractivity contribution in [1.82, 2.24) is 20.1 Å². The van der Waals surface area contributed by atoms with Gasteiger partial charge in [-0.2, -0.15) is 9.78 Å². The number of aliphatic imine (C=N–C) groups is 1. The molecule has 0 saturated carbocycles. The molecule has 0 unspecified atom stereocenters. The molecule has 28 heavy (non-hydrogen) atoms. The highest BCUT2D eigenvalue weighted by Crippen LogP contribution is 2.44. The van der Waals surface area contributed by atoms with Gasteiger partial charge in [-0.05, 0) is 22.3 Å². The van der Waals surface area contributed by atoms with Crippen LogP contribution in [0.2, 0.25) is 0 Å². The zero-order valence-electron chi connectivity index (χ0n) is 15.2. The number of nitrogens with one attached hydrogen (secondary N) is 1. The molecule has 1 aliphatic carbocycles. The van der Waals surface area contributed by atoms with Crippen LogP contribution in [-0.2, 0) is 4.74 Å². The fourth-order valence-corrected chi connectivity index (χ4v) is 3.36. The Bertz CT molecular complexity index is 981. The number of benzene rings is 2. The van der Waals surface area contributed by atoms with Gasteiger partial charge >= 0.3 is 6.09 Å². The normalized spacial score (nSPS) is 12.9. The third-order valence-corrected chi connectivity index (χ3v) is 4.56. The van der Waals surface area contributed by atoms with Gasteiger partial charge < -0.3 is 4.74 Å². The Morgan fingerprint density at radius 2 is 1.86 bits per heavy atom. The molecule has 0 fully saturated rings. The van der Waals surface area contributed by atoms with Crippen molar-refractivity contribution >= 4 is 12.1 Å². The van der Waals surface area contributed by atoms with E-state index in [4.69, 9.17) is 4.74 Å². The molecule has 1 aromatic heterocycles. The Labute approximate surface area is 162 Å². The van der Waals surface area contributed by atoms with Gasteiger partial charge in [0.05, 0.1) is 6.54 Å². The van der Waals surface area contributed by atoms with E-state index in [0.717, 1.165) is 11.1 Å². The maximum absolute atomic E-state index is 12.4. The van der Waals surface area contributed by atoms with Gasteiger partial charge in [0.25, 0.3) is 0 Å². The fraction of sp³-hybridized carbons (Fsp3) is 0.143. The molecule has 0 aliphatic heterocycles. The molecule has 1 N–H and O–H groups in total. The molecule has 1 amide bonds. The standard InChI is InChI=1S/C21H19N5O2/c1-2-11-23-20(26-14-22-13-24-26)25-21(27)28-12-19-17-9-5-3-7-15(17)16-8-4-6-10-18(16)19/h2-10,13-14,19H,1,11-12H2,(H,23,25,27). The van der Waals surface area contributed by atoms with E-state index >= 15 is 0 Å². The van der Waals surface area contributed by atoms with Gasteiger partial charge in [-0.15, -0.1) is 6.58 Å². The van der Waals surface area contributed by atoms with Crippen LogP contribution >= 0.6 is 0 Å². The van der Waals surface area contributed by atoms with Gasteiger partial charge in [0.1, 0.15) is 19.3 Å². The first-order valence-corrected chi connectivity index (χ1v) is 8.90. The predicted octanol–water partition coefficient (Wildman–Crippen LogP) is 3.21. The van der Waals surface area contributed by atoms with Crippen LogP contribution in [0.15, 0.2) is 78.8 Å². The number of aromatic nitrogens is 3. The van der Waals surface area contributed by atoms with Crippen molar-refractivity contribution in [3.8, 4) is 11.1 Å². The average molecular weight is 373 g/mol. The SMILES string of the molecule is C=CCN=C(NC(=O)OCC1c2ccccc2-c2ccccc21)n1cncn1. The number of alkyl carbamates (subject to hydrolysis) is 1.